The molecule has 7 heteroatoms. The quantitative estimate of drug-likeness (QED) is 0.636. The van der Waals surface area contributed by atoms with Crippen molar-refractivity contribution < 1.29 is 9.90 Å². The molecule has 1 aromatic heterocycles. The molecule has 0 aliphatic heterocycles. The molecule has 0 spiro atoms. The van der Waals surface area contributed by atoms with Gasteiger partial charge >= 0.3 is 5.69 Å². The summed E-state index contributed by atoms with van der Waals surface area (Å²) in [5, 5.41) is 11.7. The summed E-state index contributed by atoms with van der Waals surface area (Å²) in [5.74, 6) is -0.300. The topological polar surface area (TPSA) is 93.3 Å². The maximum atomic E-state index is 11.7. The molecule has 0 radical (unpaired) electrons. The molecule has 1 aromatic rings. The van der Waals surface area contributed by atoms with Crippen LogP contribution in [0, 0.1) is 0 Å². The van der Waals surface area contributed by atoms with E-state index >= 15 is 0 Å². The molecule has 1 unspecified atom stereocenters. The number of rotatable bonds is 6. The fourth-order valence-corrected chi connectivity index (χ4v) is 1.57. The Morgan fingerprint density at radius 1 is 1.47 bits per heavy atom. The number of aromatic nitrogens is 2. The third-order valence-electron chi connectivity index (χ3n) is 2.70. The van der Waals surface area contributed by atoms with E-state index < -0.39 is 11.2 Å². The van der Waals surface area contributed by atoms with E-state index in [4.69, 9.17) is 5.11 Å². The second-order valence-corrected chi connectivity index (χ2v) is 4.46. The molecular formula is C12H19N3O4. The molecule has 0 aliphatic carbocycles. The van der Waals surface area contributed by atoms with Crippen molar-refractivity contribution in [3.63, 3.8) is 0 Å². The standard InChI is InChI=1S/C12H19N3O4/c1-9(16)4-3-6-13-10(17)8-15-7-5-11(18)14(2)12(15)19/h5,7,9,16H,3-4,6,8H2,1-2H3,(H,13,17). The lowest BCUT2D eigenvalue weighted by molar-refractivity contribution is -0.121. The molecule has 0 saturated heterocycles. The molecule has 0 aromatic carbocycles. The highest BCUT2D eigenvalue weighted by atomic mass is 16.3. The van der Waals surface area contributed by atoms with E-state index in [0.29, 0.717) is 19.4 Å². The molecule has 0 bridgehead atoms. The second kappa shape index (κ2) is 6.89. The molecule has 0 fully saturated rings. The lowest BCUT2D eigenvalue weighted by Crippen LogP contribution is -2.40. The summed E-state index contributed by atoms with van der Waals surface area (Å²) in [5.41, 5.74) is -0.926. The van der Waals surface area contributed by atoms with Gasteiger partial charge in [-0.3, -0.25) is 18.7 Å². The van der Waals surface area contributed by atoms with E-state index in [2.05, 4.69) is 5.32 Å². The minimum atomic E-state index is -0.522. The third-order valence-corrected chi connectivity index (χ3v) is 2.70. The molecule has 19 heavy (non-hydrogen) atoms. The van der Waals surface area contributed by atoms with Crippen LogP contribution in [0.2, 0.25) is 0 Å². The number of aliphatic hydroxyl groups is 1. The van der Waals surface area contributed by atoms with Gasteiger partial charge < -0.3 is 10.4 Å². The van der Waals surface area contributed by atoms with E-state index in [9.17, 15) is 14.4 Å². The number of amides is 1. The number of hydrogen-bond donors (Lipinski definition) is 2. The molecule has 2 N–H and O–H groups in total. The van der Waals surface area contributed by atoms with Crippen molar-refractivity contribution in [3.05, 3.63) is 33.1 Å². The Morgan fingerprint density at radius 2 is 2.16 bits per heavy atom. The van der Waals surface area contributed by atoms with Gasteiger partial charge in [0, 0.05) is 25.9 Å². The number of nitrogens with zero attached hydrogens (tertiary/aromatic N) is 2. The lowest BCUT2D eigenvalue weighted by Gasteiger charge is -2.08. The maximum Gasteiger partial charge on any atom is 0.331 e. The van der Waals surface area contributed by atoms with E-state index in [1.165, 1.54) is 23.9 Å². The van der Waals surface area contributed by atoms with Crippen molar-refractivity contribution in [1.29, 1.82) is 0 Å². The molecule has 1 heterocycles. The summed E-state index contributed by atoms with van der Waals surface area (Å²) >= 11 is 0. The molecule has 0 saturated carbocycles. The SMILES string of the molecule is CC(O)CCCNC(=O)Cn1ccc(=O)n(C)c1=O. The van der Waals surface area contributed by atoms with Crippen LogP contribution in [0.4, 0.5) is 0 Å². The van der Waals surface area contributed by atoms with Crippen LogP contribution in [-0.2, 0) is 18.4 Å². The molecular weight excluding hydrogens is 250 g/mol. The zero-order valence-corrected chi connectivity index (χ0v) is 11.1. The fraction of sp³-hybridized carbons (Fsp3) is 0.583. The first kappa shape index (κ1) is 15.2. The van der Waals surface area contributed by atoms with Crippen LogP contribution in [0.3, 0.4) is 0 Å². The Balaban J connectivity index is 2.52. The molecule has 1 rings (SSSR count). The summed E-state index contributed by atoms with van der Waals surface area (Å²) in [6.07, 6.45) is 2.20. The van der Waals surface area contributed by atoms with Gasteiger partial charge in [0.05, 0.1) is 6.10 Å². The van der Waals surface area contributed by atoms with Crippen molar-refractivity contribution >= 4 is 5.91 Å². The van der Waals surface area contributed by atoms with Gasteiger partial charge in [0.25, 0.3) is 5.56 Å². The molecule has 1 amide bonds. The van der Waals surface area contributed by atoms with Crippen LogP contribution in [0.5, 0.6) is 0 Å². The van der Waals surface area contributed by atoms with Gasteiger partial charge in [-0.15, -0.1) is 0 Å². The van der Waals surface area contributed by atoms with Crippen LogP contribution in [0.15, 0.2) is 21.9 Å². The minimum Gasteiger partial charge on any atom is -0.393 e. The monoisotopic (exact) mass is 269 g/mol. The van der Waals surface area contributed by atoms with Gasteiger partial charge in [0.15, 0.2) is 0 Å². The number of nitrogens with one attached hydrogen (secondary N) is 1. The number of carbonyl (C=O) groups is 1. The van der Waals surface area contributed by atoms with Crippen molar-refractivity contribution in [2.75, 3.05) is 6.54 Å². The zero-order chi connectivity index (χ0) is 14.4. The van der Waals surface area contributed by atoms with Crippen LogP contribution in [0.25, 0.3) is 0 Å². The summed E-state index contributed by atoms with van der Waals surface area (Å²) in [6.45, 7) is 2.01. The van der Waals surface area contributed by atoms with Crippen molar-refractivity contribution in [3.8, 4) is 0 Å². The number of aliphatic hydroxyl groups excluding tert-OH is 1. The van der Waals surface area contributed by atoms with Gasteiger partial charge in [0.2, 0.25) is 5.91 Å². The normalized spacial score (nSPS) is 12.2. The number of hydrogen-bond acceptors (Lipinski definition) is 4. The average Bonchev–Trinajstić information content (AvgIpc) is 2.35. The van der Waals surface area contributed by atoms with Crippen LogP contribution in [-0.4, -0.2) is 32.8 Å². The smallest absolute Gasteiger partial charge is 0.331 e. The van der Waals surface area contributed by atoms with Crippen molar-refractivity contribution in [2.45, 2.75) is 32.4 Å². The Labute approximate surface area is 110 Å². The van der Waals surface area contributed by atoms with Crippen LogP contribution in [0.1, 0.15) is 19.8 Å². The van der Waals surface area contributed by atoms with Crippen LogP contribution >= 0.6 is 0 Å². The van der Waals surface area contributed by atoms with Gasteiger partial charge in [-0.1, -0.05) is 0 Å². The highest BCUT2D eigenvalue weighted by Crippen LogP contribution is 1.93. The molecule has 7 nitrogen and oxygen atoms in total. The van der Waals surface area contributed by atoms with Gasteiger partial charge in [0.1, 0.15) is 6.54 Å². The fourth-order valence-electron chi connectivity index (χ4n) is 1.57. The maximum absolute atomic E-state index is 11.7. The average molecular weight is 269 g/mol. The van der Waals surface area contributed by atoms with Crippen molar-refractivity contribution in [2.24, 2.45) is 7.05 Å². The molecule has 0 aliphatic rings. The van der Waals surface area contributed by atoms with E-state index in [1.807, 2.05) is 0 Å². The largest absolute Gasteiger partial charge is 0.393 e. The minimum absolute atomic E-state index is 0.123. The van der Waals surface area contributed by atoms with Gasteiger partial charge in [-0.25, -0.2) is 4.79 Å². The van der Waals surface area contributed by atoms with Crippen LogP contribution < -0.4 is 16.6 Å². The lowest BCUT2D eigenvalue weighted by atomic mass is 10.2. The first-order valence-corrected chi connectivity index (χ1v) is 6.13. The van der Waals surface area contributed by atoms with Crippen molar-refractivity contribution in [1.82, 2.24) is 14.5 Å². The highest BCUT2D eigenvalue weighted by molar-refractivity contribution is 5.75. The Kier molecular flexibility index (Phi) is 5.50. The Hall–Kier alpha value is -1.89. The predicted octanol–water partition coefficient (Wildman–Crippen LogP) is -1.18. The Bertz CT molecular complexity index is 545. The Morgan fingerprint density at radius 3 is 2.79 bits per heavy atom. The van der Waals surface area contributed by atoms with Gasteiger partial charge in [-0.05, 0) is 19.8 Å². The van der Waals surface area contributed by atoms with E-state index in [0.717, 1.165) is 4.57 Å². The summed E-state index contributed by atoms with van der Waals surface area (Å²) in [6, 6.07) is 1.24. The van der Waals surface area contributed by atoms with E-state index in [1.54, 1.807) is 6.92 Å². The van der Waals surface area contributed by atoms with Gasteiger partial charge in [-0.2, -0.15) is 0 Å². The highest BCUT2D eigenvalue weighted by Gasteiger charge is 2.06. The first-order chi connectivity index (χ1) is 8.91. The van der Waals surface area contributed by atoms with E-state index in [-0.39, 0.29) is 18.6 Å². The summed E-state index contributed by atoms with van der Waals surface area (Å²) in [7, 11) is 1.36. The number of carbonyl (C=O) groups excluding carboxylic acids is 1. The first-order valence-electron chi connectivity index (χ1n) is 6.13. The predicted molar refractivity (Wildman–Crippen MR) is 69.9 cm³/mol. The molecule has 1 atom stereocenters. The summed E-state index contributed by atoms with van der Waals surface area (Å²) < 4.78 is 2.12. The summed E-state index contributed by atoms with van der Waals surface area (Å²) in [4.78, 5) is 34.4. The third kappa shape index (κ3) is 4.70. The zero-order valence-electron chi connectivity index (χ0n) is 11.1. The second-order valence-electron chi connectivity index (χ2n) is 4.46. The molecule has 106 valence electrons.